The fourth-order valence-corrected chi connectivity index (χ4v) is 3.19. The highest BCUT2D eigenvalue weighted by Crippen LogP contribution is 2.41. The number of fused-ring (bicyclic) bond motifs is 3. The van der Waals surface area contributed by atoms with Gasteiger partial charge in [-0.2, -0.15) is 0 Å². The lowest BCUT2D eigenvalue weighted by atomic mass is 9.95. The molecule has 0 aliphatic carbocycles. The number of carbonyl (C=O) groups excluding carboxylic acids is 1. The van der Waals surface area contributed by atoms with E-state index in [4.69, 9.17) is 30.5 Å². The molecule has 3 aromatic carbocycles. The van der Waals surface area contributed by atoms with Crippen LogP contribution < -0.4 is 18.9 Å². The van der Waals surface area contributed by atoms with E-state index in [9.17, 15) is 4.79 Å². The monoisotopic (exact) mass is 386 g/mol. The number of halogens is 1. The highest BCUT2D eigenvalue weighted by molar-refractivity contribution is 6.66. The summed E-state index contributed by atoms with van der Waals surface area (Å²) in [7, 11) is 6.35. The lowest BCUT2D eigenvalue weighted by Gasteiger charge is -2.15. The Hall–Kier alpha value is -2.92. The summed E-state index contributed by atoms with van der Waals surface area (Å²) in [6, 6.07) is 9.56. The van der Waals surface area contributed by atoms with Crippen molar-refractivity contribution in [3.05, 3.63) is 42.0 Å². The molecule has 0 fully saturated rings. The van der Waals surface area contributed by atoms with E-state index in [1.165, 1.54) is 6.08 Å². The SMILES string of the molecule is COc1cc2cc(C=CC(=O)Cl)c3cc(OC)c(OC)cc3c2cc1OC. The molecule has 0 bridgehead atoms. The van der Waals surface area contributed by atoms with Crippen molar-refractivity contribution in [3.63, 3.8) is 0 Å². The fraction of sp³-hybridized carbons (Fsp3) is 0.190. The number of carbonyl (C=O) groups is 1. The maximum atomic E-state index is 11.2. The predicted molar refractivity (Wildman–Crippen MR) is 108 cm³/mol. The van der Waals surface area contributed by atoms with Crippen LogP contribution >= 0.6 is 11.6 Å². The normalized spacial score (nSPS) is 11.1. The first-order valence-electron chi connectivity index (χ1n) is 8.14. The third kappa shape index (κ3) is 3.51. The lowest BCUT2D eigenvalue weighted by Crippen LogP contribution is -1.94. The van der Waals surface area contributed by atoms with Crippen LogP contribution in [0.25, 0.3) is 27.6 Å². The molecule has 0 unspecified atom stereocenters. The van der Waals surface area contributed by atoms with Crippen molar-refractivity contribution >= 4 is 44.5 Å². The number of hydrogen-bond acceptors (Lipinski definition) is 5. The average Bonchev–Trinajstić information content (AvgIpc) is 2.69. The van der Waals surface area contributed by atoms with Gasteiger partial charge in [-0.15, -0.1) is 0 Å². The van der Waals surface area contributed by atoms with Gasteiger partial charge in [0.15, 0.2) is 23.0 Å². The molecular weight excluding hydrogens is 368 g/mol. The Morgan fingerprint density at radius 3 is 1.74 bits per heavy atom. The number of hydrogen-bond donors (Lipinski definition) is 0. The van der Waals surface area contributed by atoms with Gasteiger partial charge in [0.2, 0.25) is 5.24 Å². The van der Waals surface area contributed by atoms with Gasteiger partial charge < -0.3 is 18.9 Å². The van der Waals surface area contributed by atoms with Gasteiger partial charge >= 0.3 is 0 Å². The van der Waals surface area contributed by atoms with Crippen LogP contribution in [0.4, 0.5) is 0 Å². The number of rotatable bonds is 6. The molecule has 0 amide bonds. The Morgan fingerprint density at radius 2 is 1.22 bits per heavy atom. The molecule has 0 heterocycles. The van der Waals surface area contributed by atoms with E-state index in [0.29, 0.717) is 23.0 Å². The van der Waals surface area contributed by atoms with Crippen LogP contribution in [0.1, 0.15) is 5.56 Å². The first-order chi connectivity index (χ1) is 13.0. The summed E-state index contributed by atoms with van der Waals surface area (Å²) in [5, 5.41) is 3.15. The summed E-state index contributed by atoms with van der Waals surface area (Å²) in [6.07, 6.45) is 3.00. The zero-order valence-corrected chi connectivity index (χ0v) is 16.2. The minimum atomic E-state index is -0.545. The van der Waals surface area contributed by atoms with Crippen molar-refractivity contribution in [2.24, 2.45) is 0 Å². The summed E-state index contributed by atoms with van der Waals surface area (Å²) in [5.41, 5.74) is 0.819. The van der Waals surface area contributed by atoms with Crippen LogP contribution in [0, 0.1) is 0 Å². The molecule has 5 nitrogen and oxygen atoms in total. The Labute approximate surface area is 162 Å². The second-order valence-electron chi connectivity index (χ2n) is 5.78. The first kappa shape index (κ1) is 18.9. The zero-order valence-electron chi connectivity index (χ0n) is 15.5. The van der Waals surface area contributed by atoms with Gasteiger partial charge in [-0.3, -0.25) is 4.79 Å². The summed E-state index contributed by atoms with van der Waals surface area (Å²) >= 11 is 5.48. The van der Waals surface area contributed by atoms with Crippen LogP contribution in [0.5, 0.6) is 23.0 Å². The highest BCUT2D eigenvalue weighted by atomic mass is 35.5. The Kier molecular flexibility index (Phi) is 5.42. The van der Waals surface area contributed by atoms with Crippen LogP contribution in [-0.2, 0) is 4.79 Å². The minimum Gasteiger partial charge on any atom is -0.493 e. The highest BCUT2D eigenvalue weighted by Gasteiger charge is 2.14. The van der Waals surface area contributed by atoms with Crippen molar-refractivity contribution in [1.82, 2.24) is 0 Å². The van der Waals surface area contributed by atoms with Crippen molar-refractivity contribution in [2.45, 2.75) is 0 Å². The molecule has 3 aromatic rings. The summed E-state index contributed by atoms with van der Waals surface area (Å²) in [4.78, 5) is 11.2. The summed E-state index contributed by atoms with van der Waals surface area (Å²) < 4.78 is 21.8. The average molecular weight is 387 g/mol. The molecule has 27 heavy (non-hydrogen) atoms. The summed E-state index contributed by atoms with van der Waals surface area (Å²) in [6.45, 7) is 0. The molecule has 0 atom stereocenters. The van der Waals surface area contributed by atoms with Crippen molar-refractivity contribution in [1.29, 1.82) is 0 Å². The Morgan fingerprint density at radius 1 is 0.741 bits per heavy atom. The van der Waals surface area contributed by atoms with E-state index in [1.54, 1.807) is 34.5 Å². The first-order valence-corrected chi connectivity index (χ1v) is 8.52. The maximum Gasteiger partial charge on any atom is 0.245 e. The molecule has 0 radical (unpaired) electrons. The largest absolute Gasteiger partial charge is 0.493 e. The summed E-state index contributed by atoms with van der Waals surface area (Å²) in [5.74, 6) is 2.45. The number of allylic oxidation sites excluding steroid dienone is 1. The maximum absolute atomic E-state index is 11.2. The Balaban J connectivity index is 2.46. The molecular formula is C21H19ClO5. The number of methoxy groups -OCH3 is 4. The third-order valence-corrected chi connectivity index (χ3v) is 4.51. The molecule has 0 spiro atoms. The smallest absolute Gasteiger partial charge is 0.245 e. The predicted octanol–water partition coefficient (Wildman–Crippen LogP) is 4.81. The van der Waals surface area contributed by atoms with Crippen LogP contribution in [0.2, 0.25) is 0 Å². The Bertz CT molecular complexity index is 1060. The van der Waals surface area contributed by atoms with E-state index >= 15 is 0 Å². The fourth-order valence-electron chi connectivity index (χ4n) is 3.13. The van der Waals surface area contributed by atoms with E-state index in [0.717, 1.165) is 27.1 Å². The molecule has 6 heteroatoms. The standard InChI is InChI=1S/C21H19ClO5/c1-24-17-8-13-7-12(5-6-21(22)23)14-9-19(26-3)20(27-4)11-16(14)15(13)10-18(17)25-2/h5-11H,1-4H3. The lowest BCUT2D eigenvalue weighted by molar-refractivity contribution is -0.107. The van der Waals surface area contributed by atoms with Gasteiger partial charge in [0.1, 0.15) is 0 Å². The number of benzene rings is 3. The molecule has 140 valence electrons. The van der Waals surface area contributed by atoms with Crippen LogP contribution in [0.3, 0.4) is 0 Å². The quantitative estimate of drug-likeness (QED) is 0.346. The van der Waals surface area contributed by atoms with Crippen LogP contribution in [-0.4, -0.2) is 33.7 Å². The van der Waals surface area contributed by atoms with Crippen molar-refractivity contribution < 1.29 is 23.7 Å². The van der Waals surface area contributed by atoms with E-state index < -0.39 is 5.24 Å². The topological polar surface area (TPSA) is 54.0 Å². The second-order valence-corrected chi connectivity index (χ2v) is 6.16. The van der Waals surface area contributed by atoms with Gasteiger partial charge in [-0.25, -0.2) is 0 Å². The van der Waals surface area contributed by atoms with Gasteiger partial charge in [-0.05, 0) is 81.2 Å². The minimum absolute atomic E-state index is 0.545. The van der Waals surface area contributed by atoms with Crippen LogP contribution in [0.15, 0.2) is 36.4 Å². The molecule has 0 aliphatic rings. The van der Waals surface area contributed by atoms with Crippen molar-refractivity contribution in [2.75, 3.05) is 28.4 Å². The van der Waals surface area contributed by atoms with Gasteiger partial charge in [0.05, 0.1) is 28.4 Å². The molecule has 0 aromatic heterocycles. The zero-order chi connectivity index (χ0) is 19.6. The number of ether oxygens (including phenoxy) is 4. The third-order valence-electron chi connectivity index (χ3n) is 4.39. The molecule has 0 aliphatic heterocycles. The van der Waals surface area contributed by atoms with Crippen molar-refractivity contribution in [3.8, 4) is 23.0 Å². The van der Waals surface area contributed by atoms with Gasteiger partial charge in [0.25, 0.3) is 0 Å². The molecule has 0 saturated carbocycles. The molecule has 0 saturated heterocycles. The van der Waals surface area contributed by atoms with E-state index in [-0.39, 0.29) is 0 Å². The second kappa shape index (κ2) is 7.76. The van der Waals surface area contributed by atoms with E-state index in [2.05, 4.69) is 0 Å². The molecule has 0 N–H and O–H groups in total. The van der Waals surface area contributed by atoms with Gasteiger partial charge in [-0.1, -0.05) is 0 Å². The molecule has 3 rings (SSSR count). The van der Waals surface area contributed by atoms with E-state index in [1.807, 2.05) is 30.3 Å². The van der Waals surface area contributed by atoms with Gasteiger partial charge in [0, 0.05) is 0 Å².